The molecule has 0 radical (unpaired) electrons. The van der Waals surface area contributed by atoms with E-state index in [1.54, 1.807) is 30.3 Å². The van der Waals surface area contributed by atoms with Crippen LogP contribution >= 0.6 is 0 Å². The summed E-state index contributed by atoms with van der Waals surface area (Å²) in [5, 5.41) is 19.4. The number of hydrogen-bond donors (Lipinski definition) is 6. The summed E-state index contributed by atoms with van der Waals surface area (Å²) in [5.74, 6) is -3.94. The Hall–Kier alpha value is -3.47. The number of rotatable bonds is 11. The third-order valence-electron chi connectivity index (χ3n) is 5.06. The lowest BCUT2D eigenvalue weighted by molar-refractivity contribution is -0.142. The number of carbonyl (C=O) groups excluding carboxylic acids is 4. The summed E-state index contributed by atoms with van der Waals surface area (Å²) >= 11 is 0. The van der Waals surface area contributed by atoms with Crippen LogP contribution in [-0.2, 0) is 30.4 Å². The van der Waals surface area contributed by atoms with Gasteiger partial charge in [0.25, 0.3) is 0 Å². The van der Waals surface area contributed by atoms with Crippen molar-refractivity contribution in [3.05, 3.63) is 35.9 Å². The van der Waals surface area contributed by atoms with Crippen molar-refractivity contribution in [3.8, 4) is 0 Å². The lowest BCUT2D eigenvalue weighted by atomic mass is 10.0. The van der Waals surface area contributed by atoms with Crippen LogP contribution in [0.3, 0.4) is 0 Å². The maximum atomic E-state index is 12.9. The number of carboxylic acids is 1. The van der Waals surface area contributed by atoms with Crippen LogP contribution in [0.25, 0.3) is 0 Å². The molecule has 0 aromatic heterocycles. The predicted molar refractivity (Wildman–Crippen MR) is 114 cm³/mol. The first-order valence-corrected chi connectivity index (χ1v) is 10.4. The van der Waals surface area contributed by atoms with E-state index in [2.05, 4.69) is 21.3 Å². The van der Waals surface area contributed by atoms with Gasteiger partial charge in [-0.3, -0.25) is 24.0 Å². The smallest absolute Gasteiger partial charge is 0.325 e. The van der Waals surface area contributed by atoms with Gasteiger partial charge in [-0.15, -0.1) is 0 Å². The molecule has 1 heterocycles. The fraction of sp³-hybridized carbons (Fsp3) is 0.476. The molecule has 1 aromatic carbocycles. The van der Waals surface area contributed by atoms with Crippen LogP contribution in [0.4, 0.5) is 0 Å². The Labute approximate surface area is 185 Å². The van der Waals surface area contributed by atoms with Gasteiger partial charge in [-0.1, -0.05) is 30.3 Å². The number of aliphatic carboxylic acids is 1. The molecule has 4 unspecified atom stereocenters. The number of nitrogens with one attached hydrogen (secondary N) is 4. The highest BCUT2D eigenvalue weighted by Crippen LogP contribution is 2.08. The maximum absolute atomic E-state index is 12.9. The van der Waals surface area contributed by atoms with Crippen molar-refractivity contribution in [1.29, 1.82) is 0 Å². The van der Waals surface area contributed by atoms with E-state index in [1.807, 2.05) is 0 Å². The Balaban J connectivity index is 2.15. The molecular formula is C21H29N5O6. The van der Waals surface area contributed by atoms with Crippen LogP contribution in [-0.4, -0.2) is 65.4 Å². The number of nitrogens with two attached hydrogens (primary N) is 1. The summed E-state index contributed by atoms with van der Waals surface area (Å²) in [6.07, 6.45) is 1.04. The molecule has 1 fully saturated rings. The molecule has 11 nitrogen and oxygen atoms in total. The number of hydrogen-bond acceptors (Lipinski definition) is 6. The molecule has 1 saturated heterocycles. The van der Waals surface area contributed by atoms with Crippen molar-refractivity contribution < 1.29 is 29.1 Å². The van der Waals surface area contributed by atoms with Gasteiger partial charge in [0.05, 0.1) is 12.5 Å². The first-order valence-electron chi connectivity index (χ1n) is 10.4. The summed E-state index contributed by atoms with van der Waals surface area (Å²) in [5.41, 5.74) is 5.97. The van der Waals surface area contributed by atoms with Gasteiger partial charge in [0.2, 0.25) is 23.6 Å². The van der Waals surface area contributed by atoms with E-state index in [4.69, 9.17) is 10.8 Å². The van der Waals surface area contributed by atoms with Crippen LogP contribution in [0.1, 0.15) is 31.7 Å². The third kappa shape index (κ3) is 7.65. The van der Waals surface area contributed by atoms with Gasteiger partial charge in [0.1, 0.15) is 18.1 Å². The molecule has 1 aliphatic rings. The minimum atomic E-state index is -1.27. The number of carboxylic acid groups (broad SMARTS) is 1. The molecule has 1 aromatic rings. The quantitative estimate of drug-likeness (QED) is 0.237. The highest BCUT2D eigenvalue weighted by molar-refractivity contribution is 5.96. The molecule has 4 atom stereocenters. The van der Waals surface area contributed by atoms with E-state index in [0.717, 1.165) is 12.0 Å². The second kappa shape index (κ2) is 11.8. The highest BCUT2D eigenvalue weighted by Gasteiger charge is 2.31. The van der Waals surface area contributed by atoms with Crippen LogP contribution < -0.4 is 27.0 Å². The Morgan fingerprint density at radius 2 is 1.72 bits per heavy atom. The molecule has 0 saturated carbocycles. The fourth-order valence-corrected chi connectivity index (χ4v) is 3.30. The van der Waals surface area contributed by atoms with Crippen LogP contribution in [0, 0.1) is 0 Å². The van der Waals surface area contributed by atoms with Gasteiger partial charge in [0.15, 0.2) is 0 Å². The lowest BCUT2D eigenvalue weighted by Crippen LogP contribution is -2.58. The molecule has 2 rings (SSSR count). The summed E-state index contributed by atoms with van der Waals surface area (Å²) in [7, 11) is 0. The standard InChI is InChI=1S/C21H29N5O6/c1-12(21(31)32)24-19(29)15(10-13-6-3-2-4-7-13)25-20(30)16(11-17(22)27)26-18(28)14-8-5-9-23-14/h2-4,6-7,12,14-16,23H,5,8-11H2,1H3,(H2,22,27)(H,24,29)(H,25,30)(H,26,28)(H,31,32). The van der Waals surface area contributed by atoms with Crippen LogP contribution in [0.2, 0.25) is 0 Å². The van der Waals surface area contributed by atoms with Crippen molar-refractivity contribution in [2.45, 2.75) is 56.8 Å². The predicted octanol–water partition coefficient (Wildman–Crippen LogP) is -1.58. The zero-order valence-corrected chi connectivity index (χ0v) is 17.8. The Bertz CT molecular complexity index is 840. The van der Waals surface area contributed by atoms with Crippen LogP contribution in [0.15, 0.2) is 30.3 Å². The van der Waals surface area contributed by atoms with Crippen molar-refractivity contribution in [1.82, 2.24) is 21.3 Å². The molecule has 4 amide bonds. The molecule has 32 heavy (non-hydrogen) atoms. The second-order valence-electron chi connectivity index (χ2n) is 7.70. The average molecular weight is 447 g/mol. The highest BCUT2D eigenvalue weighted by atomic mass is 16.4. The van der Waals surface area contributed by atoms with Gasteiger partial charge in [-0.25, -0.2) is 0 Å². The van der Waals surface area contributed by atoms with E-state index in [9.17, 15) is 24.0 Å². The topological polar surface area (TPSA) is 180 Å². The largest absolute Gasteiger partial charge is 0.480 e. The molecular weight excluding hydrogens is 418 g/mol. The van der Waals surface area contributed by atoms with E-state index in [0.29, 0.717) is 13.0 Å². The fourth-order valence-electron chi connectivity index (χ4n) is 3.30. The van der Waals surface area contributed by atoms with Gasteiger partial charge in [-0.2, -0.15) is 0 Å². The Morgan fingerprint density at radius 3 is 2.28 bits per heavy atom. The number of benzene rings is 1. The zero-order valence-electron chi connectivity index (χ0n) is 17.8. The first kappa shape index (κ1) is 24.8. The minimum Gasteiger partial charge on any atom is -0.480 e. The monoisotopic (exact) mass is 447 g/mol. The number of carbonyl (C=O) groups is 5. The molecule has 174 valence electrons. The van der Waals surface area contributed by atoms with E-state index < -0.39 is 60.2 Å². The van der Waals surface area contributed by atoms with Crippen molar-refractivity contribution in [2.24, 2.45) is 5.73 Å². The molecule has 1 aliphatic heterocycles. The number of amides is 4. The SMILES string of the molecule is CC(NC(=O)C(Cc1ccccc1)NC(=O)C(CC(N)=O)NC(=O)C1CCCN1)C(=O)O. The van der Waals surface area contributed by atoms with E-state index >= 15 is 0 Å². The molecule has 11 heteroatoms. The van der Waals surface area contributed by atoms with Gasteiger partial charge in [0, 0.05) is 6.42 Å². The summed E-state index contributed by atoms with van der Waals surface area (Å²) in [6, 6.07) is 4.76. The van der Waals surface area contributed by atoms with Crippen molar-refractivity contribution >= 4 is 29.6 Å². The third-order valence-corrected chi connectivity index (χ3v) is 5.06. The summed E-state index contributed by atoms with van der Waals surface area (Å²) < 4.78 is 0. The van der Waals surface area contributed by atoms with Crippen molar-refractivity contribution in [3.63, 3.8) is 0 Å². The average Bonchev–Trinajstić information content (AvgIpc) is 3.28. The summed E-state index contributed by atoms with van der Waals surface area (Å²) in [4.78, 5) is 60.6. The normalized spacial score (nSPS) is 18.1. The molecule has 0 bridgehead atoms. The van der Waals surface area contributed by atoms with Crippen molar-refractivity contribution in [2.75, 3.05) is 6.54 Å². The maximum Gasteiger partial charge on any atom is 0.325 e. The first-order chi connectivity index (χ1) is 15.2. The van der Waals surface area contributed by atoms with Gasteiger partial charge < -0.3 is 32.1 Å². The zero-order chi connectivity index (χ0) is 23.7. The minimum absolute atomic E-state index is 0.0756. The van der Waals surface area contributed by atoms with E-state index in [-0.39, 0.29) is 6.42 Å². The Morgan fingerprint density at radius 1 is 1.06 bits per heavy atom. The van der Waals surface area contributed by atoms with E-state index in [1.165, 1.54) is 6.92 Å². The lowest BCUT2D eigenvalue weighted by Gasteiger charge is -2.24. The molecule has 7 N–H and O–H groups in total. The van der Waals surface area contributed by atoms with Gasteiger partial charge >= 0.3 is 5.97 Å². The Kier molecular flexibility index (Phi) is 9.14. The van der Waals surface area contributed by atoms with Crippen LogP contribution in [0.5, 0.6) is 0 Å². The van der Waals surface area contributed by atoms with Gasteiger partial charge in [-0.05, 0) is 31.9 Å². The number of primary amides is 1. The molecule has 0 spiro atoms. The molecule has 0 aliphatic carbocycles. The summed E-state index contributed by atoms with van der Waals surface area (Å²) in [6.45, 7) is 1.97. The second-order valence-corrected chi connectivity index (χ2v) is 7.70.